The predicted molar refractivity (Wildman–Crippen MR) is 62.5 cm³/mol. The lowest BCUT2D eigenvalue weighted by molar-refractivity contribution is 0.294. The highest BCUT2D eigenvalue weighted by molar-refractivity contribution is 4.51. The zero-order valence-electron chi connectivity index (χ0n) is 9.97. The largest absolute Gasteiger partial charge is 0.396 e. The van der Waals surface area contributed by atoms with E-state index < -0.39 is 0 Å². The molecule has 14 heavy (non-hydrogen) atoms. The van der Waals surface area contributed by atoms with Crippen molar-refractivity contribution in [3.05, 3.63) is 0 Å². The first-order chi connectivity index (χ1) is 6.83. The molecule has 2 heteroatoms. The molecule has 1 aliphatic carbocycles. The van der Waals surface area contributed by atoms with Gasteiger partial charge in [-0.15, -0.1) is 0 Å². The average molecular weight is 204 g/mol. The normalized spacial score (nSPS) is 14.6. The van der Waals surface area contributed by atoms with Crippen molar-refractivity contribution in [1.82, 2.24) is 0 Å². The Balaban J connectivity index is 0. The molecule has 0 heterocycles. The molecule has 0 aliphatic heterocycles. The molecule has 0 unspecified atom stereocenters. The highest BCUT2D eigenvalue weighted by atomic mass is 16.3. The van der Waals surface area contributed by atoms with E-state index in [9.17, 15) is 0 Å². The first-order valence-corrected chi connectivity index (χ1v) is 6.05. The second-order valence-electron chi connectivity index (χ2n) is 3.57. The summed E-state index contributed by atoms with van der Waals surface area (Å²) < 4.78 is 0. The summed E-state index contributed by atoms with van der Waals surface area (Å²) in [5.74, 6) is 0. The summed E-state index contributed by atoms with van der Waals surface area (Å²) in [4.78, 5) is 0. The van der Waals surface area contributed by atoms with Crippen molar-refractivity contribution in [2.24, 2.45) is 0 Å². The monoisotopic (exact) mass is 204 g/mol. The average Bonchev–Trinajstić information content (AvgIpc) is 2.32. The van der Waals surface area contributed by atoms with Gasteiger partial charge in [-0.1, -0.05) is 52.4 Å². The van der Waals surface area contributed by atoms with Crippen molar-refractivity contribution < 1.29 is 10.2 Å². The molecule has 0 atom stereocenters. The molecule has 2 nitrogen and oxygen atoms in total. The van der Waals surface area contributed by atoms with Crippen molar-refractivity contribution in [2.75, 3.05) is 13.2 Å². The quantitative estimate of drug-likeness (QED) is 0.725. The Morgan fingerprint density at radius 2 is 0.786 bits per heavy atom. The Bertz CT molecular complexity index is 51.2. The third kappa shape index (κ3) is 22.7. The van der Waals surface area contributed by atoms with Gasteiger partial charge in [0.25, 0.3) is 0 Å². The number of rotatable bonds is 2. The van der Waals surface area contributed by atoms with E-state index >= 15 is 0 Å². The van der Waals surface area contributed by atoms with Crippen LogP contribution in [0, 0.1) is 0 Å². The van der Waals surface area contributed by atoms with Crippen LogP contribution in [0.1, 0.15) is 65.2 Å². The summed E-state index contributed by atoms with van der Waals surface area (Å²) in [7, 11) is 0. The molecular formula is C12H28O2. The van der Waals surface area contributed by atoms with Gasteiger partial charge in [0.15, 0.2) is 0 Å². The molecule has 0 spiro atoms. The second-order valence-corrected chi connectivity index (χ2v) is 3.57. The van der Waals surface area contributed by atoms with Gasteiger partial charge in [-0.05, 0) is 12.8 Å². The summed E-state index contributed by atoms with van der Waals surface area (Å²) >= 11 is 0. The van der Waals surface area contributed by atoms with Gasteiger partial charge in [-0.2, -0.15) is 0 Å². The number of aliphatic hydroxyl groups excluding tert-OH is 2. The van der Waals surface area contributed by atoms with Gasteiger partial charge in [0.2, 0.25) is 0 Å². The van der Waals surface area contributed by atoms with Gasteiger partial charge >= 0.3 is 0 Å². The van der Waals surface area contributed by atoms with Crippen LogP contribution >= 0.6 is 0 Å². The fraction of sp³-hybridized carbons (Fsp3) is 1.00. The maximum atomic E-state index is 7.88. The minimum atomic E-state index is 0.319. The number of aliphatic hydroxyl groups is 2. The molecule has 0 bridgehead atoms. The van der Waals surface area contributed by atoms with Crippen LogP contribution in [0.2, 0.25) is 0 Å². The molecule has 1 saturated carbocycles. The fourth-order valence-electron chi connectivity index (χ4n) is 1.06. The number of hydrogen-bond acceptors (Lipinski definition) is 2. The van der Waals surface area contributed by atoms with Crippen LogP contribution in [0.15, 0.2) is 0 Å². The third-order valence-corrected chi connectivity index (χ3v) is 1.95. The summed E-state index contributed by atoms with van der Waals surface area (Å²) in [5.41, 5.74) is 0. The van der Waals surface area contributed by atoms with Crippen LogP contribution in [0.3, 0.4) is 0 Å². The van der Waals surface area contributed by atoms with E-state index in [0.29, 0.717) is 13.2 Å². The Morgan fingerprint density at radius 3 is 0.857 bits per heavy atom. The topological polar surface area (TPSA) is 40.5 Å². The standard InChI is InChI=1S/C6H12.2C3H8O/c1-2-4-6-5-3-1;2*1-2-3-4/h1-6H2;2*4H,2-3H2,1H3. The Hall–Kier alpha value is -0.0800. The van der Waals surface area contributed by atoms with E-state index in [1.54, 1.807) is 0 Å². The second kappa shape index (κ2) is 18.7. The maximum absolute atomic E-state index is 7.88. The van der Waals surface area contributed by atoms with Crippen LogP contribution in [-0.2, 0) is 0 Å². The lowest BCUT2D eigenvalue weighted by atomic mass is 10.0. The van der Waals surface area contributed by atoms with Crippen LogP contribution in [0.4, 0.5) is 0 Å². The van der Waals surface area contributed by atoms with Crippen molar-refractivity contribution in [3.63, 3.8) is 0 Å². The Labute approximate surface area is 89.3 Å². The van der Waals surface area contributed by atoms with E-state index in [4.69, 9.17) is 10.2 Å². The van der Waals surface area contributed by atoms with Gasteiger partial charge in [0.05, 0.1) is 0 Å². The van der Waals surface area contributed by atoms with E-state index in [2.05, 4.69) is 0 Å². The van der Waals surface area contributed by atoms with E-state index in [1.807, 2.05) is 13.8 Å². The highest BCUT2D eigenvalue weighted by Gasteiger charge is 1.95. The Kier molecular flexibility index (Phi) is 21.8. The van der Waals surface area contributed by atoms with Crippen LogP contribution in [0.5, 0.6) is 0 Å². The van der Waals surface area contributed by atoms with Crippen molar-refractivity contribution in [1.29, 1.82) is 0 Å². The molecule has 1 fully saturated rings. The lowest BCUT2D eigenvalue weighted by Crippen LogP contribution is -1.85. The molecular weight excluding hydrogens is 176 g/mol. The molecule has 0 aromatic heterocycles. The first-order valence-electron chi connectivity index (χ1n) is 6.05. The molecule has 1 rings (SSSR count). The van der Waals surface area contributed by atoms with Gasteiger partial charge in [-0.25, -0.2) is 0 Å². The predicted octanol–water partition coefficient (Wildman–Crippen LogP) is 3.12. The van der Waals surface area contributed by atoms with Crippen molar-refractivity contribution in [2.45, 2.75) is 65.2 Å². The highest BCUT2D eigenvalue weighted by Crippen LogP contribution is 2.15. The summed E-state index contributed by atoms with van der Waals surface area (Å²) in [5, 5.41) is 15.8. The van der Waals surface area contributed by atoms with E-state index in [-0.39, 0.29) is 0 Å². The fourth-order valence-corrected chi connectivity index (χ4v) is 1.06. The minimum Gasteiger partial charge on any atom is -0.396 e. The molecule has 0 radical (unpaired) electrons. The van der Waals surface area contributed by atoms with Crippen molar-refractivity contribution in [3.8, 4) is 0 Å². The van der Waals surface area contributed by atoms with Gasteiger partial charge in [-0.3, -0.25) is 0 Å². The van der Waals surface area contributed by atoms with Crippen LogP contribution < -0.4 is 0 Å². The molecule has 88 valence electrons. The first kappa shape index (κ1) is 16.4. The zero-order valence-corrected chi connectivity index (χ0v) is 9.97. The smallest absolute Gasteiger partial charge is 0.0428 e. The van der Waals surface area contributed by atoms with E-state index in [1.165, 1.54) is 38.5 Å². The Morgan fingerprint density at radius 1 is 0.643 bits per heavy atom. The SMILES string of the molecule is C1CCCCC1.CCCO.CCCO. The van der Waals surface area contributed by atoms with Gasteiger partial charge in [0.1, 0.15) is 0 Å². The summed E-state index contributed by atoms with van der Waals surface area (Å²) in [6.07, 6.45) is 10.8. The van der Waals surface area contributed by atoms with Gasteiger partial charge in [0, 0.05) is 13.2 Å². The van der Waals surface area contributed by atoms with Crippen LogP contribution in [-0.4, -0.2) is 23.4 Å². The summed E-state index contributed by atoms with van der Waals surface area (Å²) in [6, 6.07) is 0. The maximum Gasteiger partial charge on any atom is 0.0428 e. The van der Waals surface area contributed by atoms with Gasteiger partial charge < -0.3 is 10.2 Å². The molecule has 1 aliphatic rings. The molecule has 0 aromatic carbocycles. The molecule has 0 saturated heterocycles. The molecule has 0 amide bonds. The van der Waals surface area contributed by atoms with Crippen LogP contribution in [0.25, 0.3) is 0 Å². The number of hydrogen-bond donors (Lipinski definition) is 2. The van der Waals surface area contributed by atoms with Crippen molar-refractivity contribution >= 4 is 0 Å². The molecule has 0 aromatic rings. The lowest BCUT2D eigenvalue weighted by Gasteiger charge is -2.05. The third-order valence-electron chi connectivity index (χ3n) is 1.95. The zero-order chi connectivity index (χ0) is 11.1. The summed E-state index contributed by atoms with van der Waals surface area (Å²) in [6.45, 7) is 4.50. The minimum absolute atomic E-state index is 0.319. The van der Waals surface area contributed by atoms with E-state index in [0.717, 1.165) is 12.8 Å². The molecule has 2 N–H and O–H groups in total.